The van der Waals surface area contributed by atoms with Crippen LogP contribution in [-0.4, -0.2) is 38.5 Å². The molecule has 0 atom stereocenters. The van der Waals surface area contributed by atoms with Crippen LogP contribution in [0.5, 0.6) is 5.75 Å². The number of fused-ring (bicyclic) bond motifs is 1. The standard InChI is InChI=1S/C31H28BrClF2N4O4/c1-18(2)43-23-10-8-22(9-11-23)39-27(29(40)36-16-19-3-5-20(6-4-19)28(34)35)26-17-37(13-14-38(26)31(39)42)30(41)21-7-12-24(32)25(33)15-21/h3-12,15,18,28H,13-14,16-17H2,1-2H3,(H,36,40). The number of imidazole rings is 1. The average molecular weight is 674 g/mol. The number of ether oxygens (including phenoxy) is 1. The molecule has 0 saturated carbocycles. The Morgan fingerprint density at radius 1 is 1.02 bits per heavy atom. The molecule has 1 aliphatic rings. The first-order chi connectivity index (χ1) is 20.5. The molecule has 0 fully saturated rings. The monoisotopic (exact) mass is 672 g/mol. The lowest BCUT2D eigenvalue weighted by atomic mass is 10.1. The summed E-state index contributed by atoms with van der Waals surface area (Å²) in [5.74, 6) is -0.229. The topological polar surface area (TPSA) is 85.6 Å². The molecule has 224 valence electrons. The molecule has 2 amide bonds. The Kier molecular flexibility index (Phi) is 9.03. The number of rotatable bonds is 8. The van der Waals surface area contributed by atoms with E-state index in [2.05, 4.69) is 21.2 Å². The normalized spacial score (nSPS) is 12.9. The van der Waals surface area contributed by atoms with Crippen LogP contribution in [0.15, 0.2) is 76.0 Å². The van der Waals surface area contributed by atoms with Crippen molar-refractivity contribution in [3.05, 3.63) is 115 Å². The molecule has 2 heterocycles. The number of amides is 2. The number of nitrogens with one attached hydrogen (secondary N) is 1. The fourth-order valence-corrected chi connectivity index (χ4v) is 5.34. The number of hydrogen-bond acceptors (Lipinski definition) is 4. The predicted octanol–water partition coefficient (Wildman–Crippen LogP) is 6.37. The number of alkyl halides is 2. The van der Waals surface area contributed by atoms with Crippen molar-refractivity contribution in [3.63, 3.8) is 0 Å². The molecular weight excluding hydrogens is 646 g/mol. The molecule has 8 nitrogen and oxygen atoms in total. The molecule has 5 rings (SSSR count). The van der Waals surface area contributed by atoms with E-state index in [0.717, 1.165) is 0 Å². The molecule has 12 heteroatoms. The van der Waals surface area contributed by atoms with E-state index in [1.54, 1.807) is 47.4 Å². The van der Waals surface area contributed by atoms with Crippen LogP contribution in [0.25, 0.3) is 5.69 Å². The fourth-order valence-electron chi connectivity index (χ4n) is 4.91. The number of carbonyl (C=O) groups excluding carboxylic acids is 2. The maximum atomic E-state index is 13.8. The van der Waals surface area contributed by atoms with Crippen molar-refractivity contribution < 1.29 is 23.1 Å². The van der Waals surface area contributed by atoms with Crippen LogP contribution in [0.2, 0.25) is 5.02 Å². The van der Waals surface area contributed by atoms with Crippen molar-refractivity contribution in [2.24, 2.45) is 0 Å². The SMILES string of the molecule is CC(C)Oc1ccc(-n2c(C(=O)NCc3ccc(C(F)F)cc3)c3n(c2=O)CCN(C(=O)c2ccc(Br)c(Cl)c2)C3)cc1. The zero-order chi connectivity index (χ0) is 30.8. The van der Waals surface area contributed by atoms with Crippen molar-refractivity contribution >= 4 is 39.3 Å². The Morgan fingerprint density at radius 3 is 2.35 bits per heavy atom. The van der Waals surface area contributed by atoms with Crippen LogP contribution in [0.4, 0.5) is 8.78 Å². The summed E-state index contributed by atoms with van der Waals surface area (Å²) in [4.78, 5) is 42.5. The molecular formula is C31H28BrClF2N4O4. The maximum Gasteiger partial charge on any atom is 0.333 e. The van der Waals surface area contributed by atoms with Crippen molar-refractivity contribution in [2.45, 2.75) is 46.0 Å². The van der Waals surface area contributed by atoms with Gasteiger partial charge in [-0.15, -0.1) is 0 Å². The minimum Gasteiger partial charge on any atom is -0.491 e. The molecule has 4 aromatic rings. The largest absolute Gasteiger partial charge is 0.491 e. The molecule has 1 N–H and O–H groups in total. The van der Waals surface area contributed by atoms with E-state index in [0.29, 0.717) is 37.8 Å². The lowest BCUT2D eigenvalue weighted by molar-refractivity contribution is 0.0706. The van der Waals surface area contributed by atoms with Crippen LogP contribution in [0.1, 0.15) is 57.9 Å². The van der Waals surface area contributed by atoms with Gasteiger partial charge in [0.15, 0.2) is 0 Å². The number of benzene rings is 3. The third-order valence-corrected chi connectivity index (χ3v) is 8.23. The quantitative estimate of drug-likeness (QED) is 0.236. The second-order valence-corrected chi connectivity index (χ2v) is 11.6. The van der Waals surface area contributed by atoms with Gasteiger partial charge in [0.2, 0.25) is 0 Å². The average Bonchev–Trinajstić information content (AvgIpc) is 3.28. The molecule has 43 heavy (non-hydrogen) atoms. The highest BCUT2D eigenvalue weighted by atomic mass is 79.9. The molecule has 1 aliphatic heterocycles. The van der Waals surface area contributed by atoms with Gasteiger partial charge in [0.1, 0.15) is 11.4 Å². The first-order valence-corrected chi connectivity index (χ1v) is 14.7. The molecule has 0 unspecified atom stereocenters. The van der Waals surface area contributed by atoms with Crippen LogP contribution in [0.3, 0.4) is 0 Å². The van der Waals surface area contributed by atoms with Crippen molar-refractivity contribution in [2.75, 3.05) is 6.54 Å². The van der Waals surface area contributed by atoms with Crippen LogP contribution >= 0.6 is 27.5 Å². The summed E-state index contributed by atoms with van der Waals surface area (Å²) < 4.78 is 35.2. The second kappa shape index (κ2) is 12.7. The molecule has 0 aliphatic carbocycles. The number of aromatic nitrogens is 2. The van der Waals surface area contributed by atoms with Crippen molar-refractivity contribution in [3.8, 4) is 11.4 Å². The number of nitrogens with zero attached hydrogens (tertiary/aromatic N) is 3. The van der Waals surface area contributed by atoms with Gasteiger partial charge in [0.05, 0.1) is 29.1 Å². The van der Waals surface area contributed by atoms with Gasteiger partial charge in [0.25, 0.3) is 18.2 Å². The van der Waals surface area contributed by atoms with Gasteiger partial charge in [-0.2, -0.15) is 0 Å². The minimum absolute atomic E-state index is 0.00907. The molecule has 0 saturated heterocycles. The van der Waals surface area contributed by atoms with E-state index in [-0.39, 0.29) is 49.4 Å². The molecule has 0 radical (unpaired) electrons. The number of hydrogen-bond donors (Lipinski definition) is 1. The highest BCUT2D eigenvalue weighted by Crippen LogP contribution is 2.27. The van der Waals surface area contributed by atoms with Gasteiger partial charge in [0, 0.05) is 35.2 Å². The summed E-state index contributed by atoms with van der Waals surface area (Å²) in [6, 6.07) is 17.4. The first kappa shape index (κ1) is 30.5. The van der Waals surface area contributed by atoms with E-state index in [1.165, 1.54) is 33.4 Å². The Hall–Kier alpha value is -3.96. The van der Waals surface area contributed by atoms with Gasteiger partial charge >= 0.3 is 5.69 Å². The summed E-state index contributed by atoms with van der Waals surface area (Å²) in [6.45, 7) is 4.29. The zero-order valence-electron chi connectivity index (χ0n) is 23.3. The van der Waals surface area contributed by atoms with Gasteiger partial charge in [-0.3, -0.25) is 18.7 Å². The second-order valence-electron chi connectivity index (χ2n) is 10.3. The van der Waals surface area contributed by atoms with Gasteiger partial charge in [-0.05, 0) is 77.8 Å². The Balaban J connectivity index is 1.50. The van der Waals surface area contributed by atoms with E-state index >= 15 is 0 Å². The summed E-state index contributed by atoms with van der Waals surface area (Å²) >= 11 is 9.55. The molecule has 0 bridgehead atoms. The van der Waals surface area contributed by atoms with Crippen molar-refractivity contribution in [1.29, 1.82) is 0 Å². The Labute approximate surface area is 260 Å². The summed E-state index contributed by atoms with van der Waals surface area (Å²) in [7, 11) is 0. The first-order valence-electron chi connectivity index (χ1n) is 13.5. The highest BCUT2D eigenvalue weighted by molar-refractivity contribution is 9.10. The van der Waals surface area contributed by atoms with Crippen LogP contribution < -0.4 is 15.7 Å². The van der Waals surface area contributed by atoms with E-state index in [1.807, 2.05) is 13.8 Å². The number of carbonyl (C=O) groups is 2. The van der Waals surface area contributed by atoms with Gasteiger partial charge in [-0.1, -0.05) is 35.9 Å². The third-order valence-electron chi connectivity index (χ3n) is 7.00. The van der Waals surface area contributed by atoms with Gasteiger partial charge < -0.3 is 15.0 Å². The predicted molar refractivity (Wildman–Crippen MR) is 162 cm³/mol. The summed E-state index contributed by atoms with van der Waals surface area (Å²) in [5.41, 5.74) is 1.36. The smallest absolute Gasteiger partial charge is 0.333 e. The van der Waals surface area contributed by atoms with Crippen LogP contribution in [-0.2, 0) is 19.6 Å². The van der Waals surface area contributed by atoms with Crippen molar-refractivity contribution in [1.82, 2.24) is 19.4 Å². The lowest BCUT2D eigenvalue weighted by Gasteiger charge is -2.28. The van der Waals surface area contributed by atoms with Gasteiger partial charge in [-0.25, -0.2) is 13.6 Å². The molecule has 0 spiro atoms. The maximum absolute atomic E-state index is 13.8. The minimum atomic E-state index is -2.60. The van der Waals surface area contributed by atoms with Crippen LogP contribution in [0, 0.1) is 0 Å². The Morgan fingerprint density at radius 2 is 1.72 bits per heavy atom. The molecule has 1 aromatic heterocycles. The zero-order valence-corrected chi connectivity index (χ0v) is 25.7. The van der Waals surface area contributed by atoms with E-state index < -0.39 is 18.0 Å². The highest BCUT2D eigenvalue weighted by Gasteiger charge is 2.32. The Bertz CT molecular complexity index is 1720. The van der Waals surface area contributed by atoms with E-state index in [9.17, 15) is 23.2 Å². The third kappa shape index (κ3) is 6.52. The summed E-state index contributed by atoms with van der Waals surface area (Å²) in [6.07, 6.45) is -2.64. The fraction of sp³-hybridized carbons (Fsp3) is 0.258. The molecule has 3 aromatic carbocycles. The lowest BCUT2D eigenvalue weighted by Crippen LogP contribution is -2.41. The number of halogens is 4. The summed E-state index contributed by atoms with van der Waals surface area (Å²) in [5, 5.41) is 3.20. The van der Waals surface area contributed by atoms with E-state index in [4.69, 9.17) is 16.3 Å².